The van der Waals surface area contributed by atoms with Gasteiger partial charge in [0, 0.05) is 12.0 Å². The summed E-state index contributed by atoms with van der Waals surface area (Å²) < 4.78 is 41.5. The van der Waals surface area contributed by atoms with Crippen LogP contribution in [-0.4, -0.2) is 28.9 Å². The highest BCUT2D eigenvalue weighted by atomic mass is 19.4. The highest BCUT2D eigenvalue weighted by Gasteiger charge is 2.58. The second-order valence-electron chi connectivity index (χ2n) is 4.31. The van der Waals surface area contributed by atoms with Crippen LogP contribution >= 0.6 is 0 Å². The SMILES string of the molecule is O=C1OC(O)(C(F)(F)F)CC=C1NC(=O)c1ccccc1. The van der Waals surface area contributed by atoms with E-state index in [0.717, 1.165) is 6.08 Å². The number of carbonyl (C=O) groups is 2. The van der Waals surface area contributed by atoms with Crippen molar-refractivity contribution < 1.29 is 32.6 Å². The molecule has 0 spiro atoms. The third-order valence-corrected chi connectivity index (χ3v) is 2.79. The Kier molecular flexibility index (Phi) is 3.73. The van der Waals surface area contributed by atoms with Gasteiger partial charge in [-0.05, 0) is 18.2 Å². The molecule has 1 aliphatic heterocycles. The summed E-state index contributed by atoms with van der Waals surface area (Å²) in [5.74, 6) is -5.69. The van der Waals surface area contributed by atoms with Gasteiger partial charge in [-0.1, -0.05) is 18.2 Å². The van der Waals surface area contributed by atoms with Gasteiger partial charge in [-0.25, -0.2) is 4.79 Å². The molecule has 8 heteroatoms. The minimum Gasteiger partial charge on any atom is -0.418 e. The van der Waals surface area contributed by atoms with E-state index in [-0.39, 0.29) is 5.56 Å². The number of benzene rings is 1. The van der Waals surface area contributed by atoms with Crippen LogP contribution in [0.15, 0.2) is 42.1 Å². The van der Waals surface area contributed by atoms with Crippen molar-refractivity contribution in [3.05, 3.63) is 47.7 Å². The first kappa shape index (κ1) is 15.0. The molecular weight excluding hydrogens is 291 g/mol. The third-order valence-electron chi connectivity index (χ3n) is 2.79. The lowest BCUT2D eigenvalue weighted by molar-refractivity contribution is -0.350. The Bertz CT molecular complexity index is 597. The van der Waals surface area contributed by atoms with Crippen LogP contribution in [0.2, 0.25) is 0 Å². The fourth-order valence-electron chi connectivity index (χ4n) is 1.63. The summed E-state index contributed by atoms with van der Waals surface area (Å²) in [5.41, 5.74) is -0.222. The van der Waals surface area contributed by atoms with E-state index in [1.165, 1.54) is 12.1 Å². The number of amides is 1. The van der Waals surface area contributed by atoms with Gasteiger partial charge < -0.3 is 15.2 Å². The Morgan fingerprint density at radius 3 is 2.43 bits per heavy atom. The van der Waals surface area contributed by atoms with Crippen LogP contribution < -0.4 is 5.32 Å². The molecule has 1 heterocycles. The number of ether oxygens (including phenoxy) is 1. The van der Waals surface area contributed by atoms with Crippen LogP contribution in [0.3, 0.4) is 0 Å². The largest absolute Gasteiger partial charge is 0.455 e. The predicted molar refractivity (Wildman–Crippen MR) is 63.7 cm³/mol. The van der Waals surface area contributed by atoms with Gasteiger partial charge in [0.1, 0.15) is 5.70 Å². The molecule has 0 radical (unpaired) electrons. The normalized spacial score (nSPS) is 22.3. The fraction of sp³-hybridized carbons (Fsp3) is 0.231. The summed E-state index contributed by atoms with van der Waals surface area (Å²) in [5, 5.41) is 11.4. The Hall–Kier alpha value is -2.35. The molecular formula is C13H10F3NO4. The van der Waals surface area contributed by atoms with E-state index >= 15 is 0 Å². The first-order valence-corrected chi connectivity index (χ1v) is 5.82. The van der Waals surface area contributed by atoms with Crippen LogP contribution in [0.25, 0.3) is 0 Å². The predicted octanol–water partition coefficient (Wildman–Crippen LogP) is 1.50. The van der Waals surface area contributed by atoms with E-state index in [0.29, 0.717) is 0 Å². The molecule has 0 saturated carbocycles. The molecule has 1 aliphatic rings. The van der Waals surface area contributed by atoms with E-state index in [2.05, 4.69) is 10.1 Å². The number of alkyl halides is 3. The standard InChI is InChI=1S/C13H10F3NO4/c14-13(15,16)12(20)7-6-9(11(19)21-12)17-10(18)8-4-2-1-3-5-8/h1-6,20H,7H2,(H,17,18). The molecule has 0 aromatic heterocycles. The Labute approximate surface area is 117 Å². The van der Waals surface area contributed by atoms with Gasteiger partial charge in [0.2, 0.25) is 0 Å². The quantitative estimate of drug-likeness (QED) is 0.812. The number of hydrogen-bond donors (Lipinski definition) is 2. The monoisotopic (exact) mass is 301 g/mol. The maximum Gasteiger partial charge on any atom is 0.455 e. The van der Waals surface area contributed by atoms with Crippen molar-refractivity contribution in [1.82, 2.24) is 5.32 Å². The van der Waals surface area contributed by atoms with E-state index < -0.39 is 36.0 Å². The minimum absolute atomic E-state index is 0.225. The summed E-state index contributed by atoms with van der Waals surface area (Å²) in [6, 6.07) is 7.79. The number of aliphatic hydroxyl groups is 1. The number of carbonyl (C=O) groups excluding carboxylic acids is 2. The lowest BCUT2D eigenvalue weighted by Crippen LogP contribution is -2.52. The highest BCUT2D eigenvalue weighted by Crippen LogP contribution is 2.37. The van der Waals surface area contributed by atoms with Crippen molar-refractivity contribution in [2.24, 2.45) is 0 Å². The highest BCUT2D eigenvalue weighted by molar-refractivity contribution is 6.01. The van der Waals surface area contributed by atoms with Crippen LogP contribution in [0.5, 0.6) is 0 Å². The van der Waals surface area contributed by atoms with E-state index in [1.54, 1.807) is 18.2 Å². The number of cyclic esters (lactones) is 1. The zero-order chi connectivity index (χ0) is 15.7. The van der Waals surface area contributed by atoms with E-state index in [4.69, 9.17) is 0 Å². The van der Waals surface area contributed by atoms with Crippen LogP contribution in [-0.2, 0) is 9.53 Å². The first-order chi connectivity index (χ1) is 9.73. The fourth-order valence-corrected chi connectivity index (χ4v) is 1.63. The molecule has 1 unspecified atom stereocenters. The van der Waals surface area contributed by atoms with Gasteiger partial charge in [0.15, 0.2) is 0 Å². The van der Waals surface area contributed by atoms with Crippen LogP contribution in [0.4, 0.5) is 13.2 Å². The molecule has 2 N–H and O–H groups in total. The lowest BCUT2D eigenvalue weighted by atomic mass is 10.1. The maximum atomic E-state index is 12.5. The first-order valence-electron chi connectivity index (χ1n) is 5.82. The molecule has 1 amide bonds. The van der Waals surface area contributed by atoms with Crippen molar-refractivity contribution in [3.8, 4) is 0 Å². The smallest absolute Gasteiger partial charge is 0.418 e. The Balaban J connectivity index is 2.13. The van der Waals surface area contributed by atoms with Gasteiger partial charge in [0.05, 0.1) is 0 Å². The summed E-state index contributed by atoms with van der Waals surface area (Å²) in [6.07, 6.45) is -5.33. The molecule has 2 rings (SSSR count). The number of halogens is 3. The number of rotatable bonds is 2. The van der Waals surface area contributed by atoms with Gasteiger partial charge in [-0.15, -0.1) is 0 Å². The number of nitrogens with one attached hydrogen (secondary N) is 1. The topological polar surface area (TPSA) is 75.6 Å². The number of hydrogen-bond acceptors (Lipinski definition) is 4. The van der Waals surface area contributed by atoms with Crippen molar-refractivity contribution >= 4 is 11.9 Å². The van der Waals surface area contributed by atoms with Crippen molar-refractivity contribution in [2.45, 2.75) is 18.4 Å². The molecule has 21 heavy (non-hydrogen) atoms. The Morgan fingerprint density at radius 1 is 1.29 bits per heavy atom. The zero-order valence-corrected chi connectivity index (χ0v) is 10.5. The van der Waals surface area contributed by atoms with Crippen molar-refractivity contribution in [3.63, 3.8) is 0 Å². The average molecular weight is 301 g/mol. The number of esters is 1. The van der Waals surface area contributed by atoms with Gasteiger partial charge in [0.25, 0.3) is 5.91 Å². The molecule has 0 fully saturated rings. The molecule has 112 valence electrons. The third kappa shape index (κ3) is 3.05. The maximum absolute atomic E-state index is 12.5. The van der Waals surface area contributed by atoms with Crippen LogP contribution in [0.1, 0.15) is 16.8 Å². The second-order valence-corrected chi connectivity index (χ2v) is 4.31. The molecule has 1 aromatic carbocycles. The van der Waals surface area contributed by atoms with Gasteiger partial charge in [-0.2, -0.15) is 13.2 Å². The summed E-state index contributed by atoms with van der Waals surface area (Å²) >= 11 is 0. The van der Waals surface area contributed by atoms with Gasteiger partial charge >= 0.3 is 17.9 Å². The molecule has 0 bridgehead atoms. The Morgan fingerprint density at radius 2 is 1.90 bits per heavy atom. The average Bonchev–Trinajstić information content (AvgIpc) is 2.42. The molecule has 0 saturated heterocycles. The molecule has 0 aliphatic carbocycles. The molecule has 5 nitrogen and oxygen atoms in total. The summed E-state index contributed by atoms with van der Waals surface area (Å²) in [7, 11) is 0. The zero-order valence-electron chi connectivity index (χ0n) is 10.5. The summed E-state index contributed by atoms with van der Waals surface area (Å²) in [4.78, 5) is 23.2. The molecule has 1 aromatic rings. The van der Waals surface area contributed by atoms with E-state index in [9.17, 15) is 27.9 Å². The van der Waals surface area contributed by atoms with Crippen molar-refractivity contribution in [2.75, 3.05) is 0 Å². The molecule has 1 atom stereocenters. The van der Waals surface area contributed by atoms with Crippen molar-refractivity contribution in [1.29, 1.82) is 0 Å². The van der Waals surface area contributed by atoms with E-state index in [1.807, 2.05) is 0 Å². The second kappa shape index (κ2) is 5.21. The summed E-state index contributed by atoms with van der Waals surface area (Å²) in [6.45, 7) is 0. The lowest BCUT2D eigenvalue weighted by Gasteiger charge is -2.32. The minimum atomic E-state index is -5.12. The van der Waals surface area contributed by atoms with Crippen LogP contribution in [0, 0.1) is 0 Å². The van der Waals surface area contributed by atoms with Gasteiger partial charge in [-0.3, -0.25) is 4.79 Å².